The monoisotopic (exact) mass is 387 g/mol. The van der Waals surface area contributed by atoms with Gasteiger partial charge in [0, 0.05) is 22.9 Å². The van der Waals surface area contributed by atoms with Crippen molar-refractivity contribution in [3.05, 3.63) is 23.3 Å². The van der Waals surface area contributed by atoms with Crippen molar-refractivity contribution in [2.45, 2.75) is 78.7 Å². The van der Waals surface area contributed by atoms with E-state index in [4.69, 9.17) is 8.85 Å². The van der Waals surface area contributed by atoms with Crippen LogP contribution in [-0.4, -0.2) is 23.1 Å². The molecule has 0 saturated heterocycles. The lowest BCUT2D eigenvalue weighted by molar-refractivity contribution is -0.185. The number of Topliss-reactive ketones (excluding diaryl/α,β-unsaturated/α-hetero) is 1. The van der Waals surface area contributed by atoms with Gasteiger partial charge in [0.05, 0.1) is 0 Å². The summed E-state index contributed by atoms with van der Waals surface area (Å²) in [6.07, 6.45) is 7.27. The lowest BCUT2D eigenvalue weighted by atomic mass is 9.47. The van der Waals surface area contributed by atoms with E-state index < -0.39 is 23.8 Å². The highest BCUT2D eigenvalue weighted by Crippen LogP contribution is 2.67. The first kappa shape index (κ1) is 16.1. The summed E-state index contributed by atoms with van der Waals surface area (Å²) in [6.45, 7) is 4.70. The number of hydrogen-bond acceptors (Lipinski definition) is 4. The standard InChI is InChI=1S/C24H32O4/c1-14-12-18-19(22(4)9-6-17(27)13-21(14)22)7-10-23(5)20(18)8-11-24(23,15(2)25)28-16(3)26/h12-13,18-20H,6-11H2,1-5H3/t18-,19+,20+,22-,23+,24+/m1/s1/i1D3. The molecule has 0 heterocycles. The summed E-state index contributed by atoms with van der Waals surface area (Å²) in [6, 6.07) is 0. The molecule has 4 heteroatoms. The summed E-state index contributed by atoms with van der Waals surface area (Å²) in [7, 11) is 0. The molecule has 28 heavy (non-hydrogen) atoms. The second-order valence-electron chi connectivity index (χ2n) is 9.78. The van der Waals surface area contributed by atoms with E-state index in [0.29, 0.717) is 36.8 Å². The van der Waals surface area contributed by atoms with Gasteiger partial charge < -0.3 is 4.74 Å². The quantitative estimate of drug-likeness (QED) is 0.651. The van der Waals surface area contributed by atoms with Gasteiger partial charge in [-0.15, -0.1) is 0 Å². The molecule has 0 radical (unpaired) electrons. The first-order chi connectivity index (χ1) is 14.3. The fourth-order valence-corrected chi connectivity index (χ4v) is 7.20. The molecule has 0 unspecified atom stereocenters. The third-order valence-electron chi connectivity index (χ3n) is 8.62. The van der Waals surface area contributed by atoms with Crippen LogP contribution in [0.15, 0.2) is 23.3 Å². The molecule has 0 aliphatic heterocycles. The molecule has 0 aromatic carbocycles. The highest BCUT2D eigenvalue weighted by atomic mass is 16.6. The normalized spacial score (nSPS) is 46.6. The van der Waals surface area contributed by atoms with Crippen LogP contribution in [0.25, 0.3) is 0 Å². The maximum atomic E-state index is 12.8. The average molecular weight is 388 g/mol. The van der Waals surface area contributed by atoms with Crippen molar-refractivity contribution in [3.8, 4) is 0 Å². The van der Waals surface area contributed by atoms with Crippen LogP contribution in [0.1, 0.15) is 77.2 Å². The number of esters is 1. The summed E-state index contributed by atoms with van der Waals surface area (Å²) < 4.78 is 30.3. The minimum Gasteiger partial charge on any atom is -0.451 e. The number of carbonyl (C=O) groups is 3. The van der Waals surface area contributed by atoms with Gasteiger partial charge in [-0.3, -0.25) is 14.4 Å². The smallest absolute Gasteiger partial charge is 0.303 e. The van der Waals surface area contributed by atoms with Gasteiger partial charge in [0.2, 0.25) is 0 Å². The van der Waals surface area contributed by atoms with Crippen molar-refractivity contribution in [3.63, 3.8) is 0 Å². The van der Waals surface area contributed by atoms with Crippen molar-refractivity contribution in [2.75, 3.05) is 0 Å². The molecule has 4 aliphatic rings. The molecule has 0 bridgehead atoms. The SMILES string of the molecule is [2H]C([2H])([2H])C1=C[C@@H]2[C@H](CC[C@@]3(C)[C@H]2CC[C@]3(OC(C)=O)C(C)=O)[C@@]2(C)CCC(=O)C=C12. The topological polar surface area (TPSA) is 60.4 Å². The van der Waals surface area contributed by atoms with Crippen LogP contribution in [0, 0.1) is 28.6 Å². The van der Waals surface area contributed by atoms with Crippen LogP contribution in [0.4, 0.5) is 0 Å². The number of allylic oxidation sites excluding steroid dienone is 4. The molecule has 0 aromatic heterocycles. The molecule has 4 rings (SSSR count). The zero-order valence-electron chi connectivity index (χ0n) is 20.3. The van der Waals surface area contributed by atoms with E-state index in [2.05, 4.69) is 6.92 Å². The van der Waals surface area contributed by atoms with E-state index in [1.54, 1.807) is 6.08 Å². The highest BCUT2D eigenvalue weighted by molar-refractivity contribution is 5.92. The number of fused-ring (bicyclic) bond motifs is 5. The molecule has 2 saturated carbocycles. The molecule has 0 amide bonds. The third kappa shape index (κ3) is 2.39. The lowest BCUT2D eigenvalue weighted by Gasteiger charge is -2.58. The van der Waals surface area contributed by atoms with Gasteiger partial charge in [-0.1, -0.05) is 25.5 Å². The van der Waals surface area contributed by atoms with E-state index in [1.807, 2.05) is 13.0 Å². The number of hydrogen-bond donors (Lipinski definition) is 0. The Morgan fingerprint density at radius 1 is 1.14 bits per heavy atom. The summed E-state index contributed by atoms with van der Waals surface area (Å²) in [5.74, 6) is -0.366. The number of ketones is 2. The molecule has 0 spiro atoms. The van der Waals surface area contributed by atoms with Gasteiger partial charge in [0.1, 0.15) is 0 Å². The van der Waals surface area contributed by atoms with Crippen molar-refractivity contribution < 1.29 is 23.2 Å². The zero-order chi connectivity index (χ0) is 23.0. The third-order valence-corrected chi connectivity index (χ3v) is 8.62. The highest BCUT2D eigenvalue weighted by Gasteiger charge is 2.67. The van der Waals surface area contributed by atoms with Crippen molar-refractivity contribution in [2.24, 2.45) is 28.6 Å². The molecule has 152 valence electrons. The van der Waals surface area contributed by atoms with Gasteiger partial charge in [-0.2, -0.15) is 0 Å². The predicted octanol–water partition coefficient (Wildman–Crippen LogP) is 4.58. The van der Waals surface area contributed by atoms with Crippen LogP contribution < -0.4 is 0 Å². The summed E-state index contributed by atoms with van der Waals surface area (Å²) in [5, 5.41) is 0. The summed E-state index contributed by atoms with van der Waals surface area (Å²) in [5.41, 5.74) is -1.08. The molecule has 0 N–H and O–H groups in total. The van der Waals surface area contributed by atoms with Gasteiger partial charge in [0.25, 0.3) is 0 Å². The Morgan fingerprint density at radius 2 is 1.86 bits per heavy atom. The maximum absolute atomic E-state index is 12.8. The van der Waals surface area contributed by atoms with Gasteiger partial charge >= 0.3 is 5.97 Å². The molecule has 4 aliphatic carbocycles. The van der Waals surface area contributed by atoms with Crippen molar-refractivity contribution in [1.82, 2.24) is 0 Å². The fourth-order valence-electron chi connectivity index (χ4n) is 7.20. The van der Waals surface area contributed by atoms with E-state index in [1.165, 1.54) is 13.8 Å². The minimum atomic E-state index is -2.31. The lowest BCUT2D eigenvalue weighted by Crippen LogP contribution is -2.58. The number of rotatable bonds is 2. The van der Waals surface area contributed by atoms with E-state index >= 15 is 0 Å². The van der Waals surface area contributed by atoms with Crippen molar-refractivity contribution >= 4 is 17.5 Å². The van der Waals surface area contributed by atoms with E-state index in [0.717, 1.165) is 12.8 Å². The van der Waals surface area contributed by atoms with Crippen LogP contribution in [0.3, 0.4) is 0 Å². The molecule has 6 atom stereocenters. The zero-order valence-corrected chi connectivity index (χ0v) is 17.3. The van der Waals surface area contributed by atoms with Crippen LogP contribution >= 0.6 is 0 Å². The fraction of sp³-hybridized carbons (Fsp3) is 0.708. The predicted molar refractivity (Wildman–Crippen MR) is 106 cm³/mol. The molecular formula is C24H32O4. The van der Waals surface area contributed by atoms with E-state index in [9.17, 15) is 14.4 Å². The van der Waals surface area contributed by atoms with Gasteiger partial charge in [-0.05, 0) is 80.7 Å². The summed E-state index contributed by atoms with van der Waals surface area (Å²) in [4.78, 5) is 37.0. The minimum absolute atomic E-state index is 0.00644. The first-order valence-corrected chi connectivity index (χ1v) is 10.4. The Kier molecular flexibility index (Phi) is 3.54. The number of carbonyl (C=O) groups excluding carboxylic acids is 3. The molecule has 2 fully saturated rings. The average Bonchev–Trinajstić information content (AvgIpc) is 2.94. The molecule has 4 nitrogen and oxygen atoms in total. The largest absolute Gasteiger partial charge is 0.451 e. The Labute approximate surface area is 172 Å². The Morgan fingerprint density at radius 3 is 2.50 bits per heavy atom. The van der Waals surface area contributed by atoms with Crippen LogP contribution in [-0.2, 0) is 19.1 Å². The van der Waals surface area contributed by atoms with Crippen LogP contribution in [0.5, 0.6) is 0 Å². The van der Waals surface area contributed by atoms with Gasteiger partial charge in [0.15, 0.2) is 17.2 Å². The van der Waals surface area contributed by atoms with E-state index in [-0.39, 0.29) is 34.7 Å². The second-order valence-corrected chi connectivity index (χ2v) is 9.78. The van der Waals surface area contributed by atoms with Crippen LogP contribution in [0.2, 0.25) is 0 Å². The Balaban J connectivity index is 1.86. The van der Waals surface area contributed by atoms with Gasteiger partial charge in [-0.25, -0.2) is 0 Å². The maximum Gasteiger partial charge on any atom is 0.303 e. The van der Waals surface area contributed by atoms with Crippen molar-refractivity contribution in [1.29, 1.82) is 0 Å². The second kappa shape index (κ2) is 6.14. The number of ether oxygens (including phenoxy) is 1. The Hall–Kier alpha value is -1.71. The summed E-state index contributed by atoms with van der Waals surface area (Å²) >= 11 is 0. The molecular weight excluding hydrogens is 352 g/mol. The Bertz CT molecular complexity index is 916. The first-order valence-electron chi connectivity index (χ1n) is 11.9. The molecule has 0 aromatic rings.